The Morgan fingerprint density at radius 1 is 0.828 bits per heavy atom. The highest BCUT2D eigenvalue weighted by Crippen LogP contribution is 2.40. The molecule has 29 heavy (non-hydrogen) atoms. The second-order valence-electron chi connectivity index (χ2n) is 11.3. The molecule has 1 aromatic carbocycles. The highest BCUT2D eigenvalue weighted by atomic mass is 28.4. The minimum atomic E-state index is -1.92. The second-order valence-corrected chi connectivity index (χ2v) is 20.9. The average molecular weight is 435 g/mol. The first-order chi connectivity index (χ1) is 13.1. The Hall–Kier alpha value is -0.726. The van der Waals surface area contributed by atoms with Crippen molar-refractivity contribution in [2.24, 2.45) is 0 Å². The van der Waals surface area contributed by atoms with Crippen LogP contribution in [0.4, 0.5) is 0 Å². The molecule has 0 aromatic heterocycles. The quantitative estimate of drug-likeness (QED) is 0.353. The van der Waals surface area contributed by atoms with Crippen LogP contribution in [0.5, 0.6) is 0 Å². The van der Waals surface area contributed by atoms with Crippen LogP contribution in [0.15, 0.2) is 42.5 Å². The third kappa shape index (κ3) is 6.14. The molecular weight excluding hydrogens is 392 g/mol. The van der Waals surface area contributed by atoms with Crippen LogP contribution in [0, 0.1) is 0 Å². The van der Waals surface area contributed by atoms with Crippen molar-refractivity contribution in [1.82, 2.24) is 0 Å². The predicted octanol–water partition coefficient (Wildman–Crippen LogP) is 7.09. The first kappa shape index (κ1) is 24.5. The lowest BCUT2D eigenvalue weighted by molar-refractivity contribution is -0.0739. The maximum atomic E-state index is 6.75. The molecule has 0 saturated heterocycles. The fourth-order valence-electron chi connectivity index (χ4n) is 2.75. The Labute approximate surface area is 181 Å². The van der Waals surface area contributed by atoms with Gasteiger partial charge in [-0.25, -0.2) is 0 Å². The van der Waals surface area contributed by atoms with Crippen LogP contribution >= 0.6 is 0 Å². The van der Waals surface area contributed by atoms with E-state index in [1.807, 2.05) is 6.07 Å². The van der Waals surface area contributed by atoms with Crippen molar-refractivity contribution < 1.29 is 13.6 Å². The minimum Gasteiger partial charge on any atom is -0.414 e. The minimum absolute atomic E-state index is 0.0523. The summed E-state index contributed by atoms with van der Waals surface area (Å²) >= 11 is 0. The van der Waals surface area contributed by atoms with Gasteiger partial charge in [-0.1, -0.05) is 84.0 Å². The maximum absolute atomic E-state index is 6.75. The molecule has 0 saturated carbocycles. The fraction of sp³-hybridized carbons (Fsp3) is 0.667. The molecule has 0 N–H and O–H groups in total. The Morgan fingerprint density at radius 3 is 1.90 bits per heavy atom. The molecule has 3 atom stereocenters. The number of ether oxygens (including phenoxy) is 1. The molecule has 0 fully saturated rings. The highest BCUT2D eigenvalue weighted by molar-refractivity contribution is 6.74. The van der Waals surface area contributed by atoms with Crippen LogP contribution in [0.3, 0.4) is 0 Å². The van der Waals surface area contributed by atoms with Crippen LogP contribution in [0.2, 0.25) is 36.3 Å². The molecule has 2 rings (SSSR count). The molecular formula is C24H42O3Si2. The molecule has 0 unspecified atom stereocenters. The van der Waals surface area contributed by atoms with Gasteiger partial charge >= 0.3 is 0 Å². The van der Waals surface area contributed by atoms with Gasteiger partial charge in [-0.3, -0.25) is 0 Å². The summed E-state index contributed by atoms with van der Waals surface area (Å²) in [6.07, 6.45) is 4.13. The van der Waals surface area contributed by atoms with Crippen molar-refractivity contribution >= 4 is 16.6 Å². The molecule has 5 heteroatoms. The smallest absolute Gasteiger partial charge is 0.193 e. The van der Waals surface area contributed by atoms with E-state index in [2.05, 4.69) is 104 Å². The standard InChI is InChI=1S/C24H42O3Si2/c1-23(2,3)28(7,8)25-18-22-21(27-29(9,10)24(4,5)6)17-16-20(26-22)19-14-12-11-13-15-19/h11-17,20-22H,18H2,1-10H3/t20-,21+,22-/m1/s1. The largest absolute Gasteiger partial charge is 0.414 e. The van der Waals surface area contributed by atoms with E-state index in [0.717, 1.165) is 0 Å². The Kier molecular flexibility index (Phi) is 7.44. The zero-order valence-electron chi connectivity index (χ0n) is 20.2. The van der Waals surface area contributed by atoms with Crippen LogP contribution < -0.4 is 0 Å². The normalized spacial score (nSPS) is 24.0. The van der Waals surface area contributed by atoms with Gasteiger partial charge in [0.05, 0.1) is 12.7 Å². The van der Waals surface area contributed by atoms with Crippen LogP contribution in [0.1, 0.15) is 53.2 Å². The molecule has 1 heterocycles. The van der Waals surface area contributed by atoms with Crippen LogP contribution in [-0.2, 0) is 13.6 Å². The topological polar surface area (TPSA) is 27.7 Å². The lowest BCUT2D eigenvalue weighted by Crippen LogP contribution is -2.51. The SMILES string of the molecule is CC(C)(C)[Si](C)(C)OC[C@H]1O[C@@H](c2ccccc2)C=C[C@@H]1O[Si](C)(C)C(C)(C)C. The van der Waals surface area contributed by atoms with E-state index in [1.54, 1.807) is 0 Å². The van der Waals surface area contributed by atoms with E-state index in [4.69, 9.17) is 13.6 Å². The van der Waals surface area contributed by atoms with Gasteiger partial charge in [-0.15, -0.1) is 0 Å². The van der Waals surface area contributed by atoms with Crippen LogP contribution in [-0.4, -0.2) is 35.4 Å². The van der Waals surface area contributed by atoms with Crippen molar-refractivity contribution in [2.75, 3.05) is 6.61 Å². The van der Waals surface area contributed by atoms with Crippen molar-refractivity contribution in [3.63, 3.8) is 0 Å². The first-order valence-corrected chi connectivity index (χ1v) is 16.7. The molecule has 1 aliphatic rings. The number of benzene rings is 1. The number of rotatable bonds is 6. The molecule has 0 aliphatic carbocycles. The third-order valence-corrected chi connectivity index (χ3v) is 15.9. The van der Waals surface area contributed by atoms with Gasteiger partial charge in [0.2, 0.25) is 0 Å². The third-order valence-electron chi connectivity index (χ3n) is 6.94. The summed E-state index contributed by atoms with van der Waals surface area (Å²) in [4.78, 5) is 0. The van der Waals surface area contributed by atoms with Gasteiger partial charge in [0.1, 0.15) is 12.2 Å². The molecule has 3 nitrogen and oxygen atoms in total. The van der Waals surface area contributed by atoms with Crippen LogP contribution in [0.25, 0.3) is 0 Å². The lowest BCUT2D eigenvalue weighted by atomic mass is 10.0. The highest BCUT2D eigenvalue weighted by Gasteiger charge is 2.43. The summed E-state index contributed by atoms with van der Waals surface area (Å²) in [7, 11) is -3.79. The first-order valence-electron chi connectivity index (χ1n) is 10.8. The molecule has 164 valence electrons. The Bertz CT molecular complexity index is 684. The van der Waals surface area contributed by atoms with E-state index >= 15 is 0 Å². The lowest BCUT2D eigenvalue weighted by Gasteiger charge is -2.43. The fourth-order valence-corrected chi connectivity index (χ4v) is 5.03. The van der Waals surface area contributed by atoms with Crippen molar-refractivity contribution in [3.8, 4) is 0 Å². The van der Waals surface area contributed by atoms with Gasteiger partial charge < -0.3 is 13.6 Å². The molecule has 1 aromatic rings. The summed E-state index contributed by atoms with van der Waals surface area (Å²) < 4.78 is 19.9. The van der Waals surface area contributed by atoms with Gasteiger partial charge in [-0.2, -0.15) is 0 Å². The van der Waals surface area contributed by atoms with Gasteiger partial charge in [-0.05, 0) is 41.8 Å². The number of hydrogen-bond acceptors (Lipinski definition) is 3. The molecule has 0 spiro atoms. The monoisotopic (exact) mass is 434 g/mol. The van der Waals surface area contributed by atoms with Crippen molar-refractivity contribution in [3.05, 3.63) is 48.0 Å². The van der Waals surface area contributed by atoms with E-state index < -0.39 is 16.6 Å². The predicted molar refractivity (Wildman–Crippen MR) is 128 cm³/mol. The summed E-state index contributed by atoms with van der Waals surface area (Å²) in [6, 6.07) is 10.4. The van der Waals surface area contributed by atoms with E-state index in [1.165, 1.54) is 5.56 Å². The summed E-state index contributed by atoms with van der Waals surface area (Å²) in [5.41, 5.74) is 1.17. The molecule has 1 aliphatic heterocycles. The number of hydrogen-bond donors (Lipinski definition) is 0. The molecule has 0 amide bonds. The van der Waals surface area contributed by atoms with E-state index in [-0.39, 0.29) is 28.4 Å². The van der Waals surface area contributed by atoms with Crippen molar-refractivity contribution in [1.29, 1.82) is 0 Å². The summed E-state index contributed by atoms with van der Waals surface area (Å²) in [6.45, 7) is 23.4. The Morgan fingerprint density at radius 2 is 1.38 bits per heavy atom. The zero-order chi connectivity index (χ0) is 22.1. The van der Waals surface area contributed by atoms with Crippen molar-refractivity contribution in [2.45, 2.75) is 96.1 Å². The van der Waals surface area contributed by atoms with E-state index in [0.29, 0.717) is 6.61 Å². The summed E-state index contributed by atoms with van der Waals surface area (Å²) in [5.74, 6) is 0. The van der Waals surface area contributed by atoms with E-state index in [9.17, 15) is 0 Å². The average Bonchev–Trinajstić information content (AvgIpc) is 2.59. The van der Waals surface area contributed by atoms with Gasteiger partial charge in [0.15, 0.2) is 16.6 Å². The van der Waals surface area contributed by atoms with Gasteiger partial charge in [0.25, 0.3) is 0 Å². The maximum Gasteiger partial charge on any atom is 0.193 e. The van der Waals surface area contributed by atoms with Gasteiger partial charge in [0, 0.05) is 0 Å². The second kappa shape index (κ2) is 8.79. The molecule has 0 radical (unpaired) electrons. The molecule has 0 bridgehead atoms. The Balaban J connectivity index is 2.24. The summed E-state index contributed by atoms with van der Waals surface area (Å²) in [5, 5.41) is 0.327. The zero-order valence-corrected chi connectivity index (χ0v) is 22.2.